The lowest BCUT2D eigenvalue weighted by molar-refractivity contribution is 0.0630. The van der Waals surface area contributed by atoms with Gasteiger partial charge in [-0.1, -0.05) is 67.6 Å². The van der Waals surface area contributed by atoms with Gasteiger partial charge in [-0.05, 0) is 34.4 Å². The van der Waals surface area contributed by atoms with E-state index in [0.717, 1.165) is 55.5 Å². The molecule has 27 heavy (non-hydrogen) atoms. The van der Waals surface area contributed by atoms with Crippen LogP contribution in [-0.2, 0) is 13.0 Å². The molecule has 1 amide bonds. The zero-order chi connectivity index (χ0) is 18.6. The van der Waals surface area contributed by atoms with Crippen LogP contribution in [0.2, 0.25) is 0 Å². The first-order valence-electron chi connectivity index (χ1n) is 9.82. The Morgan fingerprint density at radius 2 is 1.48 bits per heavy atom. The number of benzene rings is 3. The van der Waals surface area contributed by atoms with Crippen LogP contribution in [0.3, 0.4) is 0 Å². The Labute approximate surface area is 161 Å². The molecule has 0 aliphatic carbocycles. The van der Waals surface area contributed by atoms with Gasteiger partial charge in [-0.3, -0.25) is 9.69 Å². The Balaban J connectivity index is 1.40. The maximum Gasteiger partial charge on any atom is 0.254 e. The summed E-state index contributed by atoms with van der Waals surface area (Å²) < 4.78 is 0. The highest BCUT2D eigenvalue weighted by molar-refractivity contribution is 6.07. The van der Waals surface area contributed by atoms with Crippen LogP contribution in [0, 0.1) is 0 Å². The van der Waals surface area contributed by atoms with Gasteiger partial charge in [-0.25, -0.2) is 0 Å². The van der Waals surface area contributed by atoms with Crippen LogP contribution in [0.5, 0.6) is 0 Å². The molecule has 0 unspecified atom stereocenters. The normalized spacial score (nSPS) is 15.2. The lowest BCUT2D eigenvalue weighted by Crippen LogP contribution is -2.48. The van der Waals surface area contributed by atoms with E-state index in [9.17, 15) is 4.79 Å². The predicted molar refractivity (Wildman–Crippen MR) is 111 cm³/mol. The third-order valence-electron chi connectivity index (χ3n) is 5.52. The van der Waals surface area contributed by atoms with Crippen LogP contribution in [0.25, 0.3) is 10.8 Å². The van der Waals surface area contributed by atoms with Gasteiger partial charge in [0.15, 0.2) is 0 Å². The van der Waals surface area contributed by atoms with E-state index in [1.54, 1.807) is 0 Å². The number of fused-ring (bicyclic) bond motifs is 1. The van der Waals surface area contributed by atoms with Crippen molar-refractivity contribution in [1.29, 1.82) is 0 Å². The molecule has 1 heterocycles. The molecule has 3 aromatic rings. The van der Waals surface area contributed by atoms with Gasteiger partial charge in [0.25, 0.3) is 5.91 Å². The molecule has 0 atom stereocenters. The highest BCUT2D eigenvalue weighted by Gasteiger charge is 2.23. The minimum Gasteiger partial charge on any atom is -0.336 e. The number of rotatable bonds is 4. The summed E-state index contributed by atoms with van der Waals surface area (Å²) in [7, 11) is 0. The highest BCUT2D eigenvalue weighted by Crippen LogP contribution is 2.21. The topological polar surface area (TPSA) is 23.6 Å². The molecule has 3 aromatic carbocycles. The zero-order valence-corrected chi connectivity index (χ0v) is 15.9. The summed E-state index contributed by atoms with van der Waals surface area (Å²) in [6.07, 6.45) is 1.08. The summed E-state index contributed by atoms with van der Waals surface area (Å²) in [6, 6.07) is 23.0. The second kappa shape index (κ2) is 7.93. The molecular weight excluding hydrogens is 332 g/mol. The monoisotopic (exact) mass is 358 g/mol. The van der Waals surface area contributed by atoms with Crippen LogP contribution < -0.4 is 0 Å². The number of carbonyl (C=O) groups excluding carboxylic acids is 1. The SMILES string of the molecule is CCc1ccc(CN2CCN(C(=O)c3cccc4ccccc34)CC2)cc1. The average Bonchev–Trinajstić information content (AvgIpc) is 2.74. The maximum absolute atomic E-state index is 13.1. The van der Waals surface area contributed by atoms with Crippen LogP contribution in [0.15, 0.2) is 66.7 Å². The minimum absolute atomic E-state index is 0.152. The maximum atomic E-state index is 13.1. The summed E-state index contributed by atoms with van der Waals surface area (Å²) in [5.74, 6) is 0.152. The van der Waals surface area contributed by atoms with Crippen LogP contribution in [0.1, 0.15) is 28.4 Å². The van der Waals surface area contributed by atoms with Crippen LogP contribution in [-0.4, -0.2) is 41.9 Å². The standard InChI is InChI=1S/C24H26N2O/c1-2-19-10-12-20(13-11-19)18-25-14-16-26(17-15-25)24(27)23-9-5-7-21-6-3-4-8-22(21)23/h3-13H,2,14-18H2,1H3. The molecule has 0 N–H and O–H groups in total. The van der Waals surface area contributed by atoms with Crippen molar-refractivity contribution in [1.82, 2.24) is 9.80 Å². The molecule has 138 valence electrons. The number of hydrogen-bond donors (Lipinski definition) is 0. The van der Waals surface area contributed by atoms with E-state index < -0.39 is 0 Å². The van der Waals surface area contributed by atoms with Gasteiger partial charge in [0.1, 0.15) is 0 Å². The van der Waals surface area contributed by atoms with Crippen molar-refractivity contribution in [2.75, 3.05) is 26.2 Å². The quantitative estimate of drug-likeness (QED) is 0.692. The van der Waals surface area contributed by atoms with Gasteiger partial charge in [-0.2, -0.15) is 0 Å². The van der Waals surface area contributed by atoms with Gasteiger partial charge in [0, 0.05) is 38.3 Å². The first-order valence-corrected chi connectivity index (χ1v) is 9.82. The predicted octanol–water partition coefficient (Wildman–Crippen LogP) is 4.36. The van der Waals surface area contributed by atoms with Crippen molar-refractivity contribution in [3.8, 4) is 0 Å². The van der Waals surface area contributed by atoms with Crippen molar-refractivity contribution in [2.24, 2.45) is 0 Å². The first-order chi connectivity index (χ1) is 13.2. The van der Waals surface area contributed by atoms with E-state index in [2.05, 4.69) is 48.2 Å². The van der Waals surface area contributed by atoms with E-state index in [4.69, 9.17) is 0 Å². The molecule has 1 fully saturated rings. The van der Waals surface area contributed by atoms with E-state index in [-0.39, 0.29) is 5.91 Å². The number of piperazine rings is 1. The number of hydrogen-bond acceptors (Lipinski definition) is 2. The van der Waals surface area contributed by atoms with E-state index in [0.29, 0.717) is 0 Å². The van der Waals surface area contributed by atoms with Crippen molar-refractivity contribution >= 4 is 16.7 Å². The molecule has 3 heteroatoms. The second-order valence-corrected chi connectivity index (χ2v) is 7.27. The lowest BCUT2D eigenvalue weighted by Gasteiger charge is -2.35. The summed E-state index contributed by atoms with van der Waals surface area (Å²) in [5.41, 5.74) is 3.54. The molecule has 1 aliphatic heterocycles. The Kier molecular flexibility index (Phi) is 5.21. The molecule has 0 saturated carbocycles. The van der Waals surface area contributed by atoms with Gasteiger partial charge >= 0.3 is 0 Å². The number of aryl methyl sites for hydroxylation is 1. The van der Waals surface area contributed by atoms with Gasteiger partial charge in [0.05, 0.1) is 0 Å². The van der Waals surface area contributed by atoms with Gasteiger partial charge in [0.2, 0.25) is 0 Å². The fraction of sp³-hybridized carbons (Fsp3) is 0.292. The number of amides is 1. The Bertz CT molecular complexity index is 919. The summed E-state index contributed by atoms with van der Waals surface area (Å²) >= 11 is 0. The third kappa shape index (κ3) is 3.88. The van der Waals surface area contributed by atoms with Crippen molar-refractivity contribution in [2.45, 2.75) is 19.9 Å². The average molecular weight is 358 g/mol. The second-order valence-electron chi connectivity index (χ2n) is 7.27. The molecule has 1 aliphatic rings. The highest BCUT2D eigenvalue weighted by atomic mass is 16.2. The van der Waals surface area contributed by atoms with Gasteiger partial charge in [-0.15, -0.1) is 0 Å². The molecule has 4 rings (SSSR count). The van der Waals surface area contributed by atoms with E-state index >= 15 is 0 Å². The van der Waals surface area contributed by atoms with Crippen molar-refractivity contribution < 1.29 is 4.79 Å². The minimum atomic E-state index is 0.152. The molecular formula is C24H26N2O. The summed E-state index contributed by atoms with van der Waals surface area (Å²) in [6.45, 7) is 6.56. The first kappa shape index (κ1) is 17.7. The van der Waals surface area contributed by atoms with E-state index in [1.807, 2.05) is 35.2 Å². The van der Waals surface area contributed by atoms with E-state index in [1.165, 1.54) is 11.1 Å². The van der Waals surface area contributed by atoms with Gasteiger partial charge < -0.3 is 4.90 Å². The lowest BCUT2D eigenvalue weighted by atomic mass is 10.0. The Morgan fingerprint density at radius 3 is 2.22 bits per heavy atom. The fourth-order valence-electron chi connectivity index (χ4n) is 3.83. The molecule has 0 bridgehead atoms. The molecule has 3 nitrogen and oxygen atoms in total. The van der Waals surface area contributed by atoms with Crippen molar-refractivity contribution in [3.05, 3.63) is 83.4 Å². The fourth-order valence-corrected chi connectivity index (χ4v) is 3.83. The number of nitrogens with zero attached hydrogens (tertiary/aromatic N) is 2. The Morgan fingerprint density at radius 1 is 0.815 bits per heavy atom. The Hall–Kier alpha value is -2.65. The summed E-state index contributed by atoms with van der Waals surface area (Å²) in [5, 5.41) is 2.17. The number of carbonyl (C=O) groups is 1. The summed E-state index contributed by atoms with van der Waals surface area (Å²) in [4.78, 5) is 17.5. The third-order valence-corrected chi connectivity index (χ3v) is 5.52. The molecule has 1 saturated heterocycles. The van der Waals surface area contributed by atoms with Crippen molar-refractivity contribution in [3.63, 3.8) is 0 Å². The smallest absolute Gasteiger partial charge is 0.254 e. The largest absolute Gasteiger partial charge is 0.336 e. The molecule has 0 spiro atoms. The molecule has 0 aromatic heterocycles. The van der Waals surface area contributed by atoms with Crippen LogP contribution in [0.4, 0.5) is 0 Å². The zero-order valence-electron chi connectivity index (χ0n) is 15.9. The van der Waals surface area contributed by atoms with Crippen LogP contribution >= 0.6 is 0 Å². The molecule has 0 radical (unpaired) electrons.